The fourth-order valence-corrected chi connectivity index (χ4v) is 2.48. The number of alkyl halides is 1. The zero-order valence-corrected chi connectivity index (χ0v) is 10.3. The molecule has 1 aromatic carbocycles. The molecule has 1 fully saturated rings. The average Bonchev–Trinajstić information content (AvgIpc) is 3.12. The summed E-state index contributed by atoms with van der Waals surface area (Å²) >= 11 is 5.81. The molecule has 1 aromatic rings. The van der Waals surface area contributed by atoms with Gasteiger partial charge in [0.25, 0.3) is 0 Å². The molecule has 1 aliphatic carbocycles. The molecule has 2 heteroatoms. The lowest BCUT2D eigenvalue weighted by molar-refractivity contribution is 0.0208. The Morgan fingerprint density at radius 3 is 2.44 bits per heavy atom. The van der Waals surface area contributed by atoms with E-state index in [2.05, 4.69) is 0 Å². The molecule has 0 bridgehead atoms. The van der Waals surface area contributed by atoms with E-state index in [0.717, 1.165) is 24.3 Å². The molecule has 0 saturated heterocycles. The zero-order chi connectivity index (χ0) is 11.4. The van der Waals surface area contributed by atoms with E-state index in [4.69, 9.17) is 11.6 Å². The number of benzene rings is 1. The van der Waals surface area contributed by atoms with E-state index in [0.29, 0.717) is 12.3 Å². The molecule has 1 N–H and O–H groups in total. The van der Waals surface area contributed by atoms with Crippen molar-refractivity contribution in [2.75, 3.05) is 5.88 Å². The van der Waals surface area contributed by atoms with E-state index in [1.165, 1.54) is 12.8 Å². The van der Waals surface area contributed by atoms with Crippen LogP contribution in [0, 0.1) is 5.92 Å². The molecule has 16 heavy (non-hydrogen) atoms. The highest BCUT2D eigenvalue weighted by Crippen LogP contribution is 2.39. The third-order valence-electron chi connectivity index (χ3n) is 3.48. The SMILES string of the molecule is OC(CCCl)(CCC1CC1)c1ccccc1. The summed E-state index contributed by atoms with van der Waals surface area (Å²) in [6.45, 7) is 0. The van der Waals surface area contributed by atoms with Gasteiger partial charge >= 0.3 is 0 Å². The molecule has 0 amide bonds. The van der Waals surface area contributed by atoms with Gasteiger partial charge in [-0.3, -0.25) is 0 Å². The van der Waals surface area contributed by atoms with Crippen molar-refractivity contribution < 1.29 is 5.11 Å². The second kappa shape index (κ2) is 5.20. The summed E-state index contributed by atoms with van der Waals surface area (Å²) in [7, 11) is 0. The monoisotopic (exact) mass is 238 g/mol. The van der Waals surface area contributed by atoms with Gasteiger partial charge in [-0.25, -0.2) is 0 Å². The van der Waals surface area contributed by atoms with Crippen LogP contribution in [0.25, 0.3) is 0 Å². The van der Waals surface area contributed by atoms with Crippen LogP contribution in [0.3, 0.4) is 0 Å². The molecule has 1 atom stereocenters. The highest BCUT2D eigenvalue weighted by Gasteiger charge is 2.31. The first-order valence-corrected chi connectivity index (χ1v) is 6.62. The third kappa shape index (κ3) is 2.99. The van der Waals surface area contributed by atoms with Crippen molar-refractivity contribution in [3.63, 3.8) is 0 Å². The molecule has 2 rings (SSSR count). The molecule has 0 heterocycles. The smallest absolute Gasteiger partial charge is 0.0908 e. The average molecular weight is 239 g/mol. The largest absolute Gasteiger partial charge is 0.385 e. The summed E-state index contributed by atoms with van der Waals surface area (Å²) in [4.78, 5) is 0. The number of rotatable bonds is 6. The molecule has 1 saturated carbocycles. The fraction of sp³-hybridized carbons (Fsp3) is 0.571. The van der Waals surface area contributed by atoms with E-state index in [1.54, 1.807) is 0 Å². The Balaban J connectivity index is 2.06. The van der Waals surface area contributed by atoms with Crippen molar-refractivity contribution in [2.24, 2.45) is 5.92 Å². The summed E-state index contributed by atoms with van der Waals surface area (Å²) < 4.78 is 0. The van der Waals surface area contributed by atoms with Gasteiger partial charge in [0.05, 0.1) is 5.60 Å². The van der Waals surface area contributed by atoms with E-state index in [1.807, 2.05) is 30.3 Å². The number of halogens is 1. The predicted molar refractivity (Wildman–Crippen MR) is 67.6 cm³/mol. The summed E-state index contributed by atoms with van der Waals surface area (Å²) in [6, 6.07) is 9.93. The Morgan fingerprint density at radius 2 is 1.88 bits per heavy atom. The van der Waals surface area contributed by atoms with Crippen molar-refractivity contribution in [3.05, 3.63) is 35.9 Å². The Kier molecular flexibility index (Phi) is 3.88. The Hall–Kier alpha value is -0.530. The normalized spacial score (nSPS) is 19.4. The standard InChI is InChI=1S/C14H19ClO/c15-11-10-14(16,9-8-12-6-7-12)13-4-2-1-3-5-13/h1-5,12,16H,6-11H2. The lowest BCUT2D eigenvalue weighted by Gasteiger charge is -2.28. The lowest BCUT2D eigenvalue weighted by atomic mass is 9.86. The van der Waals surface area contributed by atoms with Gasteiger partial charge in [0, 0.05) is 5.88 Å². The molecule has 0 spiro atoms. The minimum atomic E-state index is -0.717. The number of hydrogen-bond acceptors (Lipinski definition) is 1. The first kappa shape index (κ1) is 11.9. The van der Waals surface area contributed by atoms with Crippen LogP contribution in [0.15, 0.2) is 30.3 Å². The number of hydrogen-bond donors (Lipinski definition) is 1. The van der Waals surface area contributed by atoms with Crippen LogP contribution >= 0.6 is 11.6 Å². The minimum Gasteiger partial charge on any atom is -0.385 e. The molecule has 1 nitrogen and oxygen atoms in total. The summed E-state index contributed by atoms with van der Waals surface area (Å²) in [5.41, 5.74) is 0.294. The first-order valence-electron chi connectivity index (χ1n) is 6.08. The van der Waals surface area contributed by atoms with Gasteiger partial charge in [-0.1, -0.05) is 43.2 Å². The Bertz CT molecular complexity index is 321. The predicted octanol–water partition coefficient (Wildman–Crippen LogP) is 3.69. The van der Waals surface area contributed by atoms with Gasteiger partial charge in [-0.15, -0.1) is 11.6 Å². The zero-order valence-electron chi connectivity index (χ0n) is 9.53. The highest BCUT2D eigenvalue weighted by molar-refractivity contribution is 6.17. The Labute approximate surface area is 102 Å². The van der Waals surface area contributed by atoms with Gasteiger partial charge in [-0.05, 0) is 30.7 Å². The molecule has 0 radical (unpaired) electrons. The van der Waals surface area contributed by atoms with Crippen LogP contribution in [-0.4, -0.2) is 11.0 Å². The van der Waals surface area contributed by atoms with Crippen molar-refractivity contribution in [2.45, 2.75) is 37.7 Å². The second-order valence-electron chi connectivity index (χ2n) is 4.82. The van der Waals surface area contributed by atoms with E-state index >= 15 is 0 Å². The lowest BCUT2D eigenvalue weighted by Crippen LogP contribution is -2.26. The van der Waals surface area contributed by atoms with Crippen LogP contribution in [0.4, 0.5) is 0 Å². The maximum Gasteiger partial charge on any atom is 0.0908 e. The van der Waals surface area contributed by atoms with Crippen LogP contribution in [-0.2, 0) is 5.60 Å². The van der Waals surface area contributed by atoms with Gasteiger partial charge in [0.1, 0.15) is 0 Å². The third-order valence-corrected chi connectivity index (χ3v) is 3.67. The van der Waals surface area contributed by atoms with Crippen LogP contribution in [0.1, 0.15) is 37.7 Å². The summed E-state index contributed by atoms with van der Waals surface area (Å²) in [5, 5.41) is 10.7. The van der Waals surface area contributed by atoms with E-state index in [9.17, 15) is 5.11 Å². The summed E-state index contributed by atoms with van der Waals surface area (Å²) in [5.74, 6) is 1.36. The Morgan fingerprint density at radius 1 is 1.19 bits per heavy atom. The molecular formula is C14H19ClO. The second-order valence-corrected chi connectivity index (χ2v) is 5.20. The topological polar surface area (TPSA) is 20.2 Å². The molecule has 0 aromatic heterocycles. The maximum atomic E-state index is 10.7. The van der Waals surface area contributed by atoms with E-state index in [-0.39, 0.29) is 0 Å². The van der Waals surface area contributed by atoms with Crippen molar-refractivity contribution in [3.8, 4) is 0 Å². The maximum absolute atomic E-state index is 10.7. The van der Waals surface area contributed by atoms with E-state index < -0.39 is 5.60 Å². The van der Waals surface area contributed by atoms with Crippen LogP contribution < -0.4 is 0 Å². The van der Waals surface area contributed by atoms with Crippen molar-refractivity contribution in [1.82, 2.24) is 0 Å². The molecule has 1 aliphatic rings. The number of aliphatic hydroxyl groups is 1. The highest BCUT2D eigenvalue weighted by atomic mass is 35.5. The molecule has 0 aliphatic heterocycles. The molecule has 88 valence electrons. The van der Waals surface area contributed by atoms with Crippen LogP contribution in [0.5, 0.6) is 0 Å². The minimum absolute atomic E-state index is 0.510. The fourth-order valence-electron chi connectivity index (χ4n) is 2.17. The van der Waals surface area contributed by atoms with Crippen molar-refractivity contribution >= 4 is 11.6 Å². The van der Waals surface area contributed by atoms with Gasteiger partial charge in [0.15, 0.2) is 0 Å². The van der Waals surface area contributed by atoms with Gasteiger partial charge in [-0.2, -0.15) is 0 Å². The van der Waals surface area contributed by atoms with Gasteiger partial charge < -0.3 is 5.11 Å². The summed E-state index contributed by atoms with van der Waals surface area (Å²) in [6.07, 6.45) is 5.29. The first-order chi connectivity index (χ1) is 7.74. The molecule has 1 unspecified atom stereocenters. The quantitative estimate of drug-likeness (QED) is 0.750. The van der Waals surface area contributed by atoms with Gasteiger partial charge in [0.2, 0.25) is 0 Å². The van der Waals surface area contributed by atoms with Crippen LogP contribution in [0.2, 0.25) is 0 Å². The molecular weight excluding hydrogens is 220 g/mol. The van der Waals surface area contributed by atoms with Crippen molar-refractivity contribution in [1.29, 1.82) is 0 Å².